The van der Waals surface area contributed by atoms with E-state index in [2.05, 4.69) is 11.1 Å². The van der Waals surface area contributed by atoms with Crippen molar-refractivity contribution in [3.05, 3.63) is 18.1 Å². The van der Waals surface area contributed by atoms with Crippen LogP contribution in [0.5, 0.6) is 0 Å². The summed E-state index contributed by atoms with van der Waals surface area (Å²) < 4.78 is 4.00. The molecule has 0 spiro atoms. The predicted molar refractivity (Wildman–Crippen MR) is 50.5 cm³/mol. The lowest BCUT2D eigenvalue weighted by Gasteiger charge is -1.98. The van der Waals surface area contributed by atoms with Crippen LogP contribution in [0.3, 0.4) is 0 Å². The topological polar surface area (TPSA) is 43.0 Å². The molecule has 2 aromatic heterocycles. The number of nitrogens with zero attached hydrogens (tertiary/aromatic N) is 3. The van der Waals surface area contributed by atoms with E-state index in [0.717, 1.165) is 16.9 Å². The molecule has 0 aromatic carbocycles. The van der Waals surface area contributed by atoms with Crippen molar-refractivity contribution in [1.82, 2.24) is 14.1 Å². The number of aliphatic hydroxyl groups excluding tert-OH is 1. The van der Waals surface area contributed by atoms with Crippen molar-refractivity contribution in [3.8, 4) is 0 Å². The Morgan fingerprint density at radius 2 is 2.23 bits per heavy atom. The fraction of sp³-hybridized carbons (Fsp3) is 0.444. The number of hydrogen-bond donors (Lipinski definition) is 1. The van der Waals surface area contributed by atoms with Crippen molar-refractivity contribution < 1.29 is 5.11 Å². The van der Waals surface area contributed by atoms with Crippen LogP contribution < -0.4 is 0 Å². The van der Waals surface area contributed by atoms with Gasteiger partial charge < -0.3 is 14.2 Å². The van der Waals surface area contributed by atoms with Crippen LogP contribution in [0.2, 0.25) is 0 Å². The van der Waals surface area contributed by atoms with Crippen LogP contribution in [0, 0.1) is 0 Å². The van der Waals surface area contributed by atoms with Gasteiger partial charge in [-0.15, -0.1) is 0 Å². The fourth-order valence-electron chi connectivity index (χ4n) is 1.60. The third-order valence-corrected chi connectivity index (χ3v) is 2.38. The van der Waals surface area contributed by atoms with Gasteiger partial charge in [-0.2, -0.15) is 0 Å². The van der Waals surface area contributed by atoms with Crippen molar-refractivity contribution in [1.29, 1.82) is 0 Å². The molecular formula is C9H13N3O. The minimum Gasteiger partial charge on any atom is -0.396 e. The summed E-state index contributed by atoms with van der Waals surface area (Å²) in [6.45, 7) is 0.185. The second kappa shape index (κ2) is 2.88. The zero-order valence-corrected chi connectivity index (χ0v) is 7.86. The number of rotatable bonds is 2. The monoisotopic (exact) mass is 179 g/mol. The van der Waals surface area contributed by atoms with E-state index >= 15 is 0 Å². The van der Waals surface area contributed by atoms with Crippen molar-refractivity contribution in [2.45, 2.75) is 6.42 Å². The first-order valence-corrected chi connectivity index (χ1v) is 4.30. The quantitative estimate of drug-likeness (QED) is 0.727. The van der Waals surface area contributed by atoms with Gasteiger partial charge in [0.15, 0.2) is 5.65 Å². The van der Waals surface area contributed by atoms with Gasteiger partial charge in [0.25, 0.3) is 0 Å². The van der Waals surface area contributed by atoms with Crippen LogP contribution in [-0.2, 0) is 20.5 Å². The molecule has 0 amide bonds. The van der Waals surface area contributed by atoms with E-state index in [4.69, 9.17) is 5.11 Å². The number of hydrogen-bond acceptors (Lipinski definition) is 2. The van der Waals surface area contributed by atoms with E-state index in [1.165, 1.54) is 0 Å². The SMILES string of the molecule is Cn1cnc2c1cc(CCO)n2C. The highest BCUT2D eigenvalue weighted by molar-refractivity contribution is 5.73. The Morgan fingerprint density at radius 3 is 2.85 bits per heavy atom. The summed E-state index contributed by atoms with van der Waals surface area (Å²) in [7, 11) is 3.94. The summed E-state index contributed by atoms with van der Waals surface area (Å²) in [6.07, 6.45) is 2.49. The normalized spacial score (nSPS) is 11.3. The van der Waals surface area contributed by atoms with Gasteiger partial charge >= 0.3 is 0 Å². The minimum absolute atomic E-state index is 0.185. The van der Waals surface area contributed by atoms with Gasteiger partial charge in [-0.25, -0.2) is 4.98 Å². The van der Waals surface area contributed by atoms with Crippen LogP contribution in [0.15, 0.2) is 12.4 Å². The molecule has 0 saturated heterocycles. The summed E-state index contributed by atoms with van der Waals surface area (Å²) in [4.78, 5) is 4.26. The molecule has 4 nitrogen and oxygen atoms in total. The highest BCUT2D eigenvalue weighted by Crippen LogP contribution is 2.16. The van der Waals surface area contributed by atoms with Gasteiger partial charge in [-0.3, -0.25) is 0 Å². The molecule has 2 aromatic rings. The van der Waals surface area contributed by atoms with Crippen molar-refractivity contribution >= 4 is 11.2 Å². The van der Waals surface area contributed by atoms with Gasteiger partial charge in [0.1, 0.15) is 0 Å². The van der Waals surface area contributed by atoms with E-state index in [0.29, 0.717) is 6.42 Å². The smallest absolute Gasteiger partial charge is 0.158 e. The molecule has 0 fully saturated rings. The Labute approximate surface area is 76.4 Å². The van der Waals surface area contributed by atoms with Crippen LogP contribution in [0.25, 0.3) is 11.2 Å². The second-order valence-corrected chi connectivity index (χ2v) is 3.23. The second-order valence-electron chi connectivity index (χ2n) is 3.23. The molecule has 0 aliphatic carbocycles. The largest absolute Gasteiger partial charge is 0.396 e. The fourth-order valence-corrected chi connectivity index (χ4v) is 1.60. The number of imidazole rings is 1. The average Bonchev–Trinajstić information content (AvgIpc) is 2.59. The highest BCUT2D eigenvalue weighted by atomic mass is 16.3. The van der Waals surface area contributed by atoms with E-state index < -0.39 is 0 Å². The van der Waals surface area contributed by atoms with Crippen LogP contribution in [-0.4, -0.2) is 25.8 Å². The number of aryl methyl sites for hydroxylation is 2. The number of fused-ring (bicyclic) bond motifs is 1. The first-order chi connectivity index (χ1) is 6.24. The maximum absolute atomic E-state index is 8.84. The predicted octanol–water partition coefficient (Wildman–Crippen LogP) is 0.447. The molecule has 4 heteroatoms. The molecule has 0 aliphatic heterocycles. The number of aliphatic hydroxyl groups is 1. The highest BCUT2D eigenvalue weighted by Gasteiger charge is 2.08. The third-order valence-electron chi connectivity index (χ3n) is 2.38. The van der Waals surface area contributed by atoms with Gasteiger partial charge in [0.05, 0.1) is 11.8 Å². The summed E-state index contributed by atoms with van der Waals surface area (Å²) in [5.74, 6) is 0. The van der Waals surface area contributed by atoms with Gasteiger partial charge in [-0.05, 0) is 6.07 Å². The standard InChI is InChI=1S/C9H13N3O/c1-11-6-10-9-8(11)5-7(3-4-13)12(9)2/h5-6,13H,3-4H2,1-2H3. The van der Waals surface area contributed by atoms with Crippen LogP contribution in [0.4, 0.5) is 0 Å². The Bertz CT molecular complexity index is 427. The molecule has 70 valence electrons. The molecule has 2 rings (SSSR count). The molecule has 2 heterocycles. The van der Waals surface area contributed by atoms with E-state index in [1.54, 1.807) is 6.33 Å². The molecular weight excluding hydrogens is 166 g/mol. The van der Waals surface area contributed by atoms with E-state index in [-0.39, 0.29) is 6.61 Å². The average molecular weight is 179 g/mol. The van der Waals surface area contributed by atoms with Crippen molar-refractivity contribution in [3.63, 3.8) is 0 Å². The van der Waals surface area contributed by atoms with Crippen LogP contribution in [0.1, 0.15) is 5.69 Å². The Kier molecular flexibility index (Phi) is 1.84. The van der Waals surface area contributed by atoms with E-state index in [1.807, 2.05) is 23.2 Å². The Morgan fingerprint density at radius 1 is 1.46 bits per heavy atom. The van der Waals surface area contributed by atoms with Gasteiger partial charge in [0.2, 0.25) is 0 Å². The minimum atomic E-state index is 0.185. The molecule has 0 atom stereocenters. The van der Waals surface area contributed by atoms with Gasteiger partial charge in [0, 0.05) is 32.8 Å². The summed E-state index contributed by atoms with van der Waals surface area (Å²) >= 11 is 0. The molecule has 0 aliphatic rings. The lowest BCUT2D eigenvalue weighted by molar-refractivity contribution is 0.297. The van der Waals surface area contributed by atoms with E-state index in [9.17, 15) is 0 Å². The molecule has 13 heavy (non-hydrogen) atoms. The molecule has 0 radical (unpaired) electrons. The molecule has 0 saturated carbocycles. The Hall–Kier alpha value is -1.29. The summed E-state index contributed by atoms with van der Waals surface area (Å²) in [5, 5.41) is 8.84. The van der Waals surface area contributed by atoms with Crippen molar-refractivity contribution in [2.24, 2.45) is 14.1 Å². The first-order valence-electron chi connectivity index (χ1n) is 4.30. The van der Waals surface area contributed by atoms with Crippen molar-refractivity contribution in [2.75, 3.05) is 6.61 Å². The Balaban J connectivity index is 2.60. The molecule has 1 N–H and O–H groups in total. The lowest BCUT2D eigenvalue weighted by Crippen LogP contribution is -1.99. The van der Waals surface area contributed by atoms with Crippen LogP contribution >= 0.6 is 0 Å². The number of aromatic nitrogens is 3. The first kappa shape index (κ1) is 8.31. The third kappa shape index (κ3) is 1.14. The zero-order chi connectivity index (χ0) is 9.42. The summed E-state index contributed by atoms with van der Waals surface area (Å²) in [5.41, 5.74) is 3.22. The summed E-state index contributed by atoms with van der Waals surface area (Å²) in [6, 6.07) is 2.07. The lowest BCUT2D eigenvalue weighted by atomic mass is 10.3. The zero-order valence-electron chi connectivity index (χ0n) is 7.86. The molecule has 0 unspecified atom stereocenters. The van der Waals surface area contributed by atoms with Gasteiger partial charge in [-0.1, -0.05) is 0 Å². The molecule has 0 bridgehead atoms. The maximum Gasteiger partial charge on any atom is 0.158 e. The maximum atomic E-state index is 8.84.